The summed E-state index contributed by atoms with van der Waals surface area (Å²) in [5.41, 5.74) is 0. The van der Waals surface area contributed by atoms with Crippen LogP contribution < -0.4 is 4.74 Å². The van der Waals surface area contributed by atoms with Crippen molar-refractivity contribution in [1.82, 2.24) is 15.0 Å². The largest absolute Gasteiger partial charge is 0.460 e. The molecular formula is C10H13Cl2N3O. The normalized spacial score (nSPS) is 25.4. The zero-order chi connectivity index (χ0) is 11.5. The molecule has 0 amide bonds. The highest BCUT2D eigenvalue weighted by molar-refractivity contribution is 6.31. The number of hydrogen-bond donors (Lipinski definition) is 0. The van der Waals surface area contributed by atoms with Crippen LogP contribution in [0.5, 0.6) is 6.01 Å². The molecule has 1 aromatic heterocycles. The minimum absolute atomic E-state index is 0.0680. The molecule has 1 aliphatic rings. The van der Waals surface area contributed by atoms with Gasteiger partial charge in [-0.2, -0.15) is 15.0 Å². The second-order valence-corrected chi connectivity index (χ2v) is 4.75. The van der Waals surface area contributed by atoms with Gasteiger partial charge >= 0.3 is 6.01 Å². The highest BCUT2D eigenvalue weighted by Crippen LogP contribution is 2.27. The molecule has 4 nitrogen and oxygen atoms in total. The molecular weight excluding hydrogens is 249 g/mol. The molecule has 2 unspecified atom stereocenters. The zero-order valence-electron chi connectivity index (χ0n) is 8.99. The first kappa shape index (κ1) is 11.9. The van der Waals surface area contributed by atoms with E-state index in [4.69, 9.17) is 27.9 Å². The van der Waals surface area contributed by atoms with Gasteiger partial charge in [0.15, 0.2) is 0 Å². The molecule has 0 saturated heterocycles. The highest BCUT2D eigenvalue weighted by Gasteiger charge is 2.24. The maximum Gasteiger partial charge on any atom is 0.322 e. The molecule has 1 aliphatic carbocycles. The van der Waals surface area contributed by atoms with Crippen molar-refractivity contribution in [2.75, 3.05) is 0 Å². The maximum absolute atomic E-state index is 5.70. The predicted octanol–water partition coefficient (Wildman–Crippen LogP) is 3.14. The molecule has 0 aliphatic heterocycles. The van der Waals surface area contributed by atoms with Crippen molar-refractivity contribution in [3.8, 4) is 6.01 Å². The van der Waals surface area contributed by atoms with E-state index in [1.165, 1.54) is 19.3 Å². The first-order chi connectivity index (χ1) is 7.65. The number of halogens is 2. The minimum atomic E-state index is 0.0680. The average molecular weight is 262 g/mol. The van der Waals surface area contributed by atoms with E-state index in [1.807, 2.05) is 0 Å². The minimum Gasteiger partial charge on any atom is -0.460 e. The van der Waals surface area contributed by atoms with Gasteiger partial charge in [-0.15, -0.1) is 0 Å². The zero-order valence-corrected chi connectivity index (χ0v) is 10.5. The van der Waals surface area contributed by atoms with E-state index in [1.54, 1.807) is 0 Å². The number of hydrogen-bond acceptors (Lipinski definition) is 4. The Labute approximate surface area is 104 Å². The Kier molecular flexibility index (Phi) is 3.82. The summed E-state index contributed by atoms with van der Waals surface area (Å²) in [6, 6.07) is 0.226. The van der Waals surface area contributed by atoms with E-state index < -0.39 is 0 Å². The van der Waals surface area contributed by atoms with E-state index in [0.717, 1.165) is 6.42 Å². The van der Waals surface area contributed by atoms with Crippen LogP contribution in [0.1, 0.15) is 32.6 Å². The lowest BCUT2D eigenvalue weighted by atomic mass is 9.88. The summed E-state index contributed by atoms with van der Waals surface area (Å²) in [7, 11) is 0. The third-order valence-electron chi connectivity index (χ3n) is 2.85. The number of rotatable bonds is 2. The van der Waals surface area contributed by atoms with Crippen LogP contribution in [0.25, 0.3) is 0 Å². The van der Waals surface area contributed by atoms with Gasteiger partial charge in [-0.25, -0.2) is 0 Å². The van der Waals surface area contributed by atoms with Gasteiger partial charge in [-0.05, 0) is 48.4 Å². The molecule has 1 heterocycles. The van der Waals surface area contributed by atoms with Gasteiger partial charge in [0.1, 0.15) is 6.10 Å². The van der Waals surface area contributed by atoms with Gasteiger partial charge < -0.3 is 4.74 Å². The molecule has 1 aromatic rings. The van der Waals surface area contributed by atoms with E-state index >= 15 is 0 Å². The maximum atomic E-state index is 5.70. The lowest BCUT2D eigenvalue weighted by Gasteiger charge is -2.28. The molecule has 0 bridgehead atoms. The monoisotopic (exact) mass is 261 g/mol. The summed E-state index contributed by atoms with van der Waals surface area (Å²) in [4.78, 5) is 11.5. The van der Waals surface area contributed by atoms with Crippen molar-refractivity contribution in [2.45, 2.75) is 38.7 Å². The van der Waals surface area contributed by atoms with Gasteiger partial charge in [0.05, 0.1) is 0 Å². The predicted molar refractivity (Wildman–Crippen MR) is 61.9 cm³/mol. The Morgan fingerprint density at radius 2 is 1.69 bits per heavy atom. The SMILES string of the molecule is CC1CCCCC1Oc1nc(Cl)nc(Cl)n1. The summed E-state index contributed by atoms with van der Waals surface area (Å²) in [6.45, 7) is 2.17. The standard InChI is InChI=1S/C10H13Cl2N3O/c1-6-4-2-3-5-7(6)16-10-14-8(11)13-9(12)15-10/h6-7H,2-5H2,1H3. The summed E-state index contributed by atoms with van der Waals surface area (Å²) in [5.74, 6) is 0.517. The summed E-state index contributed by atoms with van der Waals surface area (Å²) in [6.07, 6.45) is 4.81. The fourth-order valence-corrected chi connectivity index (χ4v) is 2.30. The smallest absolute Gasteiger partial charge is 0.322 e. The van der Waals surface area contributed by atoms with Crippen LogP contribution in [-0.2, 0) is 0 Å². The molecule has 0 N–H and O–H groups in total. The van der Waals surface area contributed by atoms with E-state index in [0.29, 0.717) is 5.92 Å². The van der Waals surface area contributed by atoms with Crippen molar-refractivity contribution >= 4 is 23.2 Å². The van der Waals surface area contributed by atoms with Gasteiger partial charge in [0.25, 0.3) is 0 Å². The fourth-order valence-electron chi connectivity index (χ4n) is 1.95. The Morgan fingerprint density at radius 3 is 2.31 bits per heavy atom. The quantitative estimate of drug-likeness (QED) is 0.821. The molecule has 1 saturated carbocycles. The lowest BCUT2D eigenvalue weighted by Crippen LogP contribution is -2.29. The molecule has 1 fully saturated rings. The van der Waals surface area contributed by atoms with E-state index in [-0.39, 0.29) is 22.7 Å². The van der Waals surface area contributed by atoms with Crippen molar-refractivity contribution in [2.24, 2.45) is 5.92 Å². The number of nitrogens with zero attached hydrogens (tertiary/aromatic N) is 3. The van der Waals surface area contributed by atoms with Crippen molar-refractivity contribution in [3.05, 3.63) is 10.6 Å². The molecule has 0 radical (unpaired) electrons. The summed E-state index contributed by atoms with van der Waals surface area (Å²) < 4.78 is 5.70. The fraction of sp³-hybridized carbons (Fsp3) is 0.700. The number of aromatic nitrogens is 3. The van der Waals surface area contributed by atoms with Crippen LogP contribution in [-0.4, -0.2) is 21.1 Å². The third kappa shape index (κ3) is 2.95. The number of ether oxygens (including phenoxy) is 1. The van der Waals surface area contributed by atoms with Crippen LogP contribution in [0.2, 0.25) is 10.6 Å². The van der Waals surface area contributed by atoms with Crippen molar-refractivity contribution in [3.63, 3.8) is 0 Å². The molecule has 2 atom stereocenters. The van der Waals surface area contributed by atoms with Gasteiger partial charge in [-0.3, -0.25) is 0 Å². The highest BCUT2D eigenvalue weighted by atomic mass is 35.5. The van der Waals surface area contributed by atoms with Crippen molar-refractivity contribution in [1.29, 1.82) is 0 Å². The van der Waals surface area contributed by atoms with Crippen LogP contribution in [0.3, 0.4) is 0 Å². The first-order valence-corrected chi connectivity index (χ1v) is 6.14. The second kappa shape index (κ2) is 5.15. The summed E-state index contributed by atoms with van der Waals surface area (Å²) in [5, 5.41) is 0.136. The molecule has 88 valence electrons. The van der Waals surface area contributed by atoms with Gasteiger partial charge in [-0.1, -0.05) is 13.3 Å². The lowest BCUT2D eigenvalue weighted by molar-refractivity contribution is 0.0920. The van der Waals surface area contributed by atoms with Gasteiger partial charge in [0, 0.05) is 0 Å². The van der Waals surface area contributed by atoms with Crippen LogP contribution >= 0.6 is 23.2 Å². The molecule has 6 heteroatoms. The van der Waals surface area contributed by atoms with Crippen LogP contribution in [0, 0.1) is 5.92 Å². The Morgan fingerprint density at radius 1 is 1.06 bits per heavy atom. The average Bonchev–Trinajstić information content (AvgIpc) is 2.20. The Balaban J connectivity index is 2.07. The molecule has 16 heavy (non-hydrogen) atoms. The van der Waals surface area contributed by atoms with Crippen LogP contribution in [0.15, 0.2) is 0 Å². The Hall–Kier alpha value is -0.610. The first-order valence-electron chi connectivity index (χ1n) is 5.39. The van der Waals surface area contributed by atoms with E-state index in [9.17, 15) is 0 Å². The Bertz CT molecular complexity index is 355. The van der Waals surface area contributed by atoms with Gasteiger partial charge in [0.2, 0.25) is 10.6 Å². The third-order valence-corrected chi connectivity index (χ3v) is 3.19. The summed E-state index contributed by atoms with van der Waals surface area (Å²) >= 11 is 11.4. The molecule has 0 spiro atoms. The van der Waals surface area contributed by atoms with Crippen LogP contribution in [0.4, 0.5) is 0 Å². The molecule has 0 aromatic carbocycles. The van der Waals surface area contributed by atoms with Crippen molar-refractivity contribution < 1.29 is 4.74 Å². The molecule has 2 rings (SSSR count). The topological polar surface area (TPSA) is 47.9 Å². The van der Waals surface area contributed by atoms with E-state index in [2.05, 4.69) is 21.9 Å². The second-order valence-electron chi connectivity index (χ2n) is 4.07.